The van der Waals surface area contributed by atoms with Gasteiger partial charge in [0.05, 0.1) is 5.92 Å². The van der Waals surface area contributed by atoms with Crippen LogP contribution in [0.15, 0.2) is 36.9 Å². The summed E-state index contributed by atoms with van der Waals surface area (Å²) >= 11 is 0. The molecular formula is C31H48O2. The highest BCUT2D eigenvalue weighted by atomic mass is 16.5. The Hall–Kier alpha value is -1.57. The number of allylic oxidation sites excluding steroid dienone is 1. The highest BCUT2D eigenvalue weighted by Gasteiger charge is 2.29. The molecule has 1 aromatic rings. The molecule has 2 fully saturated rings. The Labute approximate surface area is 203 Å². The fourth-order valence-corrected chi connectivity index (χ4v) is 6.42. The molecule has 2 aliphatic rings. The van der Waals surface area contributed by atoms with E-state index in [4.69, 9.17) is 4.74 Å². The van der Waals surface area contributed by atoms with Gasteiger partial charge in [0, 0.05) is 0 Å². The Morgan fingerprint density at radius 2 is 1.55 bits per heavy atom. The van der Waals surface area contributed by atoms with E-state index in [1.807, 2.05) is 12.1 Å². The van der Waals surface area contributed by atoms with E-state index in [0.717, 1.165) is 37.0 Å². The van der Waals surface area contributed by atoms with Gasteiger partial charge in [-0.1, -0.05) is 83.4 Å². The molecule has 0 heterocycles. The molecule has 33 heavy (non-hydrogen) atoms. The van der Waals surface area contributed by atoms with Crippen molar-refractivity contribution < 1.29 is 9.53 Å². The highest BCUT2D eigenvalue weighted by molar-refractivity contribution is 5.75. The first-order valence-electron chi connectivity index (χ1n) is 14.1. The molecule has 1 atom stereocenters. The van der Waals surface area contributed by atoms with E-state index in [0.29, 0.717) is 11.7 Å². The summed E-state index contributed by atoms with van der Waals surface area (Å²) in [6.07, 6.45) is 21.0. The molecule has 0 N–H and O–H groups in total. The second-order valence-corrected chi connectivity index (χ2v) is 10.9. The molecule has 1 unspecified atom stereocenters. The zero-order chi connectivity index (χ0) is 23.5. The smallest absolute Gasteiger partial charge is 0.314 e. The number of rotatable bonds is 12. The van der Waals surface area contributed by atoms with E-state index >= 15 is 0 Å². The van der Waals surface area contributed by atoms with Gasteiger partial charge in [-0.15, -0.1) is 6.58 Å². The van der Waals surface area contributed by atoms with Crippen LogP contribution in [0.4, 0.5) is 0 Å². The molecule has 2 aliphatic carbocycles. The second-order valence-electron chi connectivity index (χ2n) is 10.9. The molecule has 0 amide bonds. The maximum absolute atomic E-state index is 12.7. The molecule has 0 spiro atoms. The Balaban J connectivity index is 1.51. The fraction of sp³-hybridized carbons (Fsp3) is 0.710. The van der Waals surface area contributed by atoms with Gasteiger partial charge in [0.2, 0.25) is 0 Å². The van der Waals surface area contributed by atoms with Gasteiger partial charge in [0.15, 0.2) is 0 Å². The van der Waals surface area contributed by atoms with Crippen molar-refractivity contribution in [3.8, 4) is 5.75 Å². The topological polar surface area (TPSA) is 26.3 Å². The number of benzene rings is 1. The first-order valence-corrected chi connectivity index (χ1v) is 14.1. The number of hydrogen-bond donors (Lipinski definition) is 0. The minimum Gasteiger partial charge on any atom is -0.426 e. The summed E-state index contributed by atoms with van der Waals surface area (Å²) in [5.74, 6) is 3.80. The zero-order valence-electron chi connectivity index (χ0n) is 21.4. The van der Waals surface area contributed by atoms with Crippen LogP contribution in [0.2, 0.25) is 0 Å². The first-order chi connectivity index (χ1) is 16.1. The predicted molar refractivity (Wildman–Crippen MR) is 140 cm³/mol. The van der Waals surface area contributed by atoms with Gasteiger partial charge in [0.25, 0.3) is 0 Å². The first kappa shape index (κ1) is 26.0. The third-order valence-corrected chi connectivity index (χ3v) is 8.50. The molecule has 1 aromatic carbocycles. The van der Waals surface area contributed by atoms with E-state index in [-0.39, 0.29) is 11.9 Å². The van der Waals surface area contributed by atoms with Gasteiger partial charge < -0.3 is 4.74 Å². The van der Waals surface area contributed by atoms with Crippen LogP contribution < -0.4 is 4.74 Å². The zero-order valence-corrected chi connectivity index (χ0v) is 21.4. The van der Waals surface area contributed by atoms with Crippen molar-refractivity contribution in [2.45, 2.75) is 116 Å². The average Bonchev–Trinajstić information content (AvgIpc) is 2.84. The minimum absolute atomic E-state index is 0.0262. The lowest BCUT2D eigenvalue weighted by atomic mass is 9.71. The van der Waals surface area contributed by atoms with E-state index in [1.54, 1.807) is 0 Å². The summed E-state index contributed by atoms with van der Waals surface area (Å²) in [6.45, 7) is 8.59. The number of carbonyl (C=O) groups excluding carboxylic acids is 1. The Kier molecular flexibility index (Phi) is 11.0. The van der Waals surface area contributed by atoms with Crippen molar-refractivity contribution in [3.63, 3.8) is 0 Å². The van der Waals surface area contributed by atoms with Gasteiger partial charge in [-0.25, -0.2) is 0 Å². The predicted octanol–water partition coefficient (Wildman–Crippen LogP) is 9.24. The Bertz CT molecular complexity index is 690. The van der Waals surface area contributed by atoms with Crippen molar-refractivity contribution in [2.75, 3.05) is 0 Å². The maximum atomic E-state index is 12.7. The SMILES string of the molecule is C=CCC(c1ccc(OC(=O)[C@H]2CC[C@H](CCC)CC2)cc1)[C@H]1CC[C@H](CCCCC)CC1. The molecule has 0 saturated heterocycles. The number of carbonyl (C=O) groups is 1. The van der Waals surface area contributed by atoms with Crippen LogP contribution in [-0.2, 0) is 4.79 Å². The quantitative estimate of drug-likeness (QED) is 0.137. The maximum Gasteiger partial charge on any atom is 0.314 e. The fourth-order valence-electron chi connectivity index (χ4n) is 6.42. The monoisotopic (exact) mass is 452 g/mol. The van der Waals surface area contributed by atoms with Crippen LogP contribution in [-0.4, -0.2) is 5.97 Å². The van der Waals surface area contributed by atoms with Gasteiger partial charge in [0.1, 0.15) is 5.75 Å². The summed E-state index contributed by atoms with van der Waals surface area (Å²) < 4.78 is 5.79. The molecule has 2 nitrogen and oxygen atoms in total. The third kappa shape index (κ3) is 8.01. The van der Waals surface area contributed by atoms with E-state index < -0.39 is 0 Å². The molecule has 0 aromatic heterocycles. The van der Waals surface area contributed by atoms with Crippen LogP contribution in [0.25, 0.3) is 0 Å². The molecule has 0 radical (unpaired) electrons. The van der Waals surface area contributed by atoms with Crippen molar-refractivity contribution in [3.05, 3.63) is 42.5 Å². The highest BCUT2D eigenvalue weighted by Crippen LogP contribution is 2.42. The van der Waals surface area contributed by atoms with Crippen molar-refractivity contribution in [2.24, 2.45) is 23.7 Å². The largest absolute Gasteiger partial charge is 0.426 e. The lowest BCUT2D eigenvalue weighted by molar-refractivity contribution is -0.140. The second kappa shape index (κ2) is 14.0. The van der Waals surface area contributed by atoms with Crippen molar-refractivity contribution in [1.29, 1.82) is 0 Å². The molecule has 0 aliphatic heterocycles. The standard InChI is InChI=1S/C31H48O2/c1-4-7-8-11-25-12-16-26(17-13-25)30(10-6-3)27-20-22-29(23-21-27)33-31(32)28-18-14-24(9-5-2)15-19-28/h6,20-26,28,30H,3-5,7-19H2,1-2H3/t24-,25-,26-,28-,30?. The molecule has 0 bridgehead atoms. The minimum atomic E-state index is -0.0262. The number of unbranched alkanes of at least 4 members (excludes halogenated alkanes) is 2. The van der Waals surface area contributed by atoms with Crippen molar-refractivity contribution >= 4 is 5.97 Å². The van der Waals surface area contributed by atoms with E-state index in [9.17, 15) is 4.79 Å². The summed E-state index contributed by atoms with van der Waals surface area (Å²) in [6, 6.07) is 8.43. The molecule has 3 rings (SSSR count). The third-order valence-electron chi connectivity index (χ3n) is 8.50. The summed E-state index contributed by atoms with van der Waals surface area (Å²) in [5, 5.41) is 0. The average molecular weight is 453 g/mol. The summed E-state index contributed by atoms with van der Waals surface area (Å²) in [4.78, 5) is 12.7. The van der Waals surface area contributed by atoms with Gasteiger partial charge >= 0.3 is 5.97 Å². The van der Waals surface area contributed by atoms with Gasteiger partial charge in [-0.2, -0.15) is 0 Å². The van der Waals surface area contributed by atoms with Crippen LogP contribution in [0.3, 0.4) is 0 Å². The molecule has 2 saturated carbocycles. The summed E-state index contributed by atoms with van der Waals surface area (Å²) in [5.41, 5.74) is 1.38. The van der Waals surface area contributed by atoms with Crippen LogP contribution in [0.1, 0.15) is 122 Å². The number of esters is 1. The van der Waals surface area contributed by atoms with Gasteiger partial charge in [-0.05, 0) is 86.3 Å². The molecular weight excluding hydrogens is 404 g/mol. The lowest BCUT2D eigenvalue weighted by Crippen LogP contribution is -2.25. The number of hydrogen-bond acceptors (Lipinski definition) is 2. The van der Waals surface area contributed by atoms with Crippen LogP contribution in [0, 0.1) is 23.7 Å². The van der Waals surface area contributed by atoms with Crippen molar-refractivity contribution in [1.82, 2.24) is 0 Å². The Morgan fingerprint density at radius 1 is 0.909 bits per heavy atom. The normalized spacial score (nSPS) is 26.5. The van der Waals surface area contributed by atoms with Gasteiger partial charge in [-0.3, -0.25) is 4.79 Å². The van der Waals surface area contributed by atoms with Crippen LogP contribution >= 0.6 is 0 Å². The number of ether oxygens (including phenoxy) is 1. The molecule has 2 heteroatoms. The molecule has 184 valence electrons. The summed E-state index contributed by atoms with van der Waals surface area (Å²) in [7, 11) is 0. The lowest BCUT2D eigenvalue weighted by Gasteiger charge is -2.34. The van der Waals surface area contributed by atoms with E-state index in [1.165, 1.54) is 82.6 Å². The van der Waals surface area contributed by atoms with E-state index in [2.05, 4.69) is 38.6 Å². The van der Waals surface area contributed by atoms with Crippen LogP contribution in [0.5, 0.6) is 5.75 Å². The Morgan fingerprint density at radius 3 is 2.15 bits per heavy atom.